The van der Waals surface area contributed by atoms with E-state index in [1.54, 1.807) is 36.5 Å². The van der Waals surface area contributed by atoms with Crippen LogP contribution in [0.3, 0.4) is 0 Å². The van der Waals surface area contributed by atoms with Gasteiger partial charge in [0.05, 0.1) is 22.0 Å². The van der Waals surface area contributed by atoms with E-state index in [-0.39, 0.29) is 5.78 Å². The van der Waals surface area contributed by atoms with Crippen molar-refractivity contribution in [3.63, 3.8) is 0 Å². The lowest BCUT2D eigenvalue weighted by atomic mass is 10.1. The number of nitrogens with zero attached hydrogens (tertiary/aromatic N) is 2. The van der Waals surface area contributed by atoms with Crippen molar-refractivity contribution < 1.29 is 4.79 Å². The minimum Gasteiger partial charge on any atom is -0.369 e. The van der Waals surface area contributed by atoms with Crippen LogP contribution in [-0.4, -0.2) is 12.8 Å². The summed E-state index contributed by atoms with van der Waals surface area (Å²) in [6.07, 6.45) is 0. The lowest BCUT2D eigenvalue weighted by Crippen LogP contribution is -2.18. The van der Waals surface area contributed by atoms with Crippen LogP contribution < -0.4 is 4.90 Å². The Balaban J connectivity index is 2.34. The lowest BCUT2D eigenvalue weighted by molar-refractivity contribution is 0.101. The van der Waals surface area contributed by atoms with Gasteiger partial charge in [-0.15, -0.1) is 11.3 Å². The Morgan fingerprint density at radius 3 is 2.70 bits per heavy atom. The molecule has 2 aromatic rings. The number of Topliss-reactive ketones (excluding diaryl/α,β-unsaturated/α-hetero) is 1. The lowest BCUT2D eigenvalue weighted by Gasteiger charge is -2.21. The summed E-state index contributed by atoms with van der Waals surface area (Å²) in [7, 11) is 1.93. The molecule has 0 N–H and O–H groups in total. The molecule has 5 heteroatoms. The Morgan fingerprint density at radius 1 is 1.40 bits per heavy atom. The minimum atomic E-state index is 0.00343. The molecule has 102 valence electrons. The maximum atomic E-state index is 11.7. The molecule has 3 nitrogen and oxygen atoms in total. The summed E-state index contributed by atoms with van der Waals surface area (Å²) in [5, 5.41) is 9.01. The van der Waals surface area contributed by atoms with Crippen molar-refractivity contribution in [2.45, 2.75) is 13.5 Å². The van der Waals surface area contributed by atoms with E-state index < -0.39 is 0 Å². The van der Waals surface area contributed by atoms with Crippen molar-refractivity contribution in [2.75, 3.05) is 11.9 Å². The van der Waals surface area contributed by atoms with E-state index >= 15 is 0 Å². The van der Waals surface area contributed by atoms with Crippen LogP contribution in [0.5, 0.6) is 0 Å². The number of carbonyl (C=O) groups excluding carboxylic acids is 1. The molecule has 2 rings (SSSR count). The van der Waals surface area contributed by atoms with Gasteiger partial charge in [0, 0.05) is 23.2 Å². The molecular formula is C15H13BrN2OS. The van der Waals surface area contributed by atoms with Gasteiger partial charge >= 0.3 is 0 Å². The molecule has 0 amide bonds. The zero-order valence-electron chi connectivity index (χ0n) is 11.2. The van der Waals surface area contributed by atoms with Crippen LogP contribution in [-0.2, 0) is 6.54 Å². The Bertz CT molecular complexity index is 687. The summed E-state index contributed by atoms with van der Waals surface area (Å²) in [6.45, 7) is 2.24. The first-order valence-electron chi connectivity index (χ1n) is 6.01. The minimum absolute atomic E-state index is 0.00343. The quantitative estimate of drug-likeness (QED) is 0.777. The first-order valence-corrected chi connectivity index (χ1v) is 7.62. The molecule has 0 aliphatic heterocycles. The highest BCUT2D eigenvalue weighted by Crippen LogP contribution is 2.27. The monoisotopic (exact) mass is 348 g/mol. The highest BCUT2D eigenvalue weighted by atomic mass is 79.9. The Morgan fingerprint density at radius 2 is 2.15 bits per heavy atom. The first kappa shape index (κ1) is 14.8. The van der Waals surface area contributed by atoms with Gasteiger partial charge in [-0.25, -0.2) is 0 Å². The van der Waals surface area contributed by atoms with Crippen LogP contribution in [0, 0.1) is 11.3 Å². The molecule has 0 saturated carbocycles. The van der Waals surface area contributed by atoms with Crippen LogP contribution in [0.1, 0.15) is 27.7 Å². The smallest absolute Gasteiger partial charge is 0.161 e. The van der Waals surface area contributed by atoms with Crippen LogP contribution >= 0.6 is 27.3 Å². The summed E-state index contributed by atoms with van der Waals surface area (Å²) < 4.78 is 1.08. The molecule has 1 aromatic carbocycles. The molecule has 0 fully saturated rings. The van der Waals surface area contributed by atoms with Crippen LogP contribution in [0.4, 0.5) is 5.69 Å². The number of hydrogen-bond donors (Lipinski definition) is 0. The first-order chi connectivity index (χ1) is 9.51. The summed E-state index contributed by atoms with van der Waals surface area (Å²) >= 11 is 5.10. The Hall–Kier alpha value is -1.64. The second-order valence-corrected chi connectivity index (χ2v) is 7.01. The van der Waals surface area contributed by atoms with Gasteiger partial charge in [0.15, 0.2) is 5.78 Å². The molecule has 0 saturated heterocycles. The third kappa shape index (κ3) is 3.27. The van der Waals surface area contributed by atoms with E-state index in [0.29, 0.717) is 17.7 Å². The zero-order valence-corrected chi connectivity index (χ0v) is 13.6. The second-order valence-electron chi connectivity index (χ2n) is 4.46. The number of rotatable bonds is 4. The van der Waals surface area contributed by atoms with E-state index in [4.69, 9.17) is 5.26 Å². The fourth-order valence-electron chi connectivity index (χ4n) is 1.97. The SMILES string of the molecule is CC(=O)c1ccc(C#N)cc1N(C)Cc1ccc(Br)s1. The summed E-state index contributed by atoms with van der Waals surface area (Å²) in [4.78, 5) is 14.9. The third-order valence-electron chi connectivity index (χ3n) is 2.94. The number of ketones is 1. The third-order valence-corrected chi connectivity index (χ3v) is 4.55. The van der Waals surface area contributed by atoms with E-state index in [1.165, 1.54) is 4.88 Å². The molecule has 0 atom stereocenters. The van der Waals surface area contributed by atoms with E-state index in [1.807, 2.05) is 24.1 Å². The Kier molecular flexibility index (Phi) is 4.58. The van der Waals surface area contributed by atoms with Gasteiger partial charge in [0.2, 0.25) is 0 Å². The van der Waals surface area contributed by atoms with Crippen molar-refractivity contribution in [3.8, 4) is 6.07 Å². The van der Waals surface area contributed by atoms with Gasteiger partial charge in [-0.05, 0) is 53.2 Å². The molecule has 0 bridgehead atoms. The van der Waals surface area contributed by atoms with Gasteiger partial charge in [-0.2, -0.15) is 5.26 Å². The van der Waals surface area contributed by atoms with Crippen LogP contribution in [0.15, 0.2) is 34.1 Å². The van der Waals surface area contributed by atoms with Crippen molar-refractivity contribution in [3.05, 3.63) is 50.1 Å². The number of thiophene rings is 1. The number of hydrogen-bond acceptors (Lipinski definition) is 4. The van der Waals surface area contributed by atoms with Crippen molar-refractivity contribution in [1.82, 2.24) is 0 Å². The molecule has 1 aromatic heterocycles. The number of halogens is 1. The second kappa shape index (κ2) is 6.21. The summed E-state index contributed by atoms with van der Waals surface area (Å²) in [6, 6.07) is 11.3. The largest absolute Gasteiger partial charge is 0.369 e. The fraction of sp³-hybridized carbons (Fsp3) is 0.200. The average Bonchev–Trinajstić information content (AvgIpc) is 2.83. The summed E-state index contributed by atoms with van der Waals surface area (Å²) in [5.41, 5.74) is 1.99. The van der Waals surface area contributed by atoms with Gasteiger partial charge in [0.25, 0.3) is 0 Å². The molecular weight excluding hydrogens is 336 g/mol. The van der Waals surface area contributed by atoms with Crippen molar-refractivity contribution in [2.24, 2.45) is 0 Å². The molecule has 1 heterocycles. The molecule has 0 unspecified atom stereocenters. The van der Waals surface area contributed by atoms with Gasteiger partial charge in [-0.1, -0.05) is 0 Å². The fourth-order valence-corrected chi connectivity index (χ4v) is 3.51. The maximum absolute atomic E-state index is 11.7. The van der Waals surface area contributed by atoms with Crippen molar-refractivity contribution >= 4 is 38.7 Å². The summed E-state index contributed by atoms with van der Waals surface area (Å²) in [5.74, 6) is 0.00343. The van der Waals surface area contributed by atoms with Crippen LogP contribution in [0.2, 0.25) is 0 Å². The molecule has 0 aliphatic carbocycles. The number of nitriles is 1. The number of anilines is 1. The average molecular weight is 349 g/mol. The van der Waals surface area contributed by atoms with Gasteiger partial charge < -0.3 is 4.90 Å². The number of carbonyl (C=O) groups is 1. The standard InChI is InChI=1S/C15H13BrN2OS/c1-10(19)13-5-3-11(8-17)7-14(13)18(2)9-12-4-6-15(16)20-12/h3-7H,9H2,1-2H3. The predicted molar refractivity (Wildman–Crippen MR) is 85.3 cm³/mol. The van der Waals surface area contributed by atoms with Crippen molar-refractivity contribution in [1.29, 1.82) is 5.26 Å². The molecule has 20 heavy (non-hydrogen) atoms. The maximum Gasteiger partial charge on any atom is 0.161 e. The van der Waals surface area contributed by atoms with E-state index in [0.717, 1.165) is 9.47 Å². The molecule has 0 spiro atoms. The molecule has 0 radical (unpaired) electrons. The van der Waals surface area contributed by atoms with Crippen LogP contribution in [0.25, 0.3) is 0 Å². The topological polar surface area (TPSA) is 44.1 Å². The highest BCUT2D eigenvalue weighted by molar-refractivity contribution is 9.11. The van der Waals surface area contributed by atoms with Gasteiger partial charge in [0.1, 0.15) is 0 Å². The zero-order chi connectivity index (χ0) is 14.7. The number of benzene rings is 1. The van der Waals surface area contributed by atoms with E-state index in [9.17, 15) is 4.79 Å². The highest BCUT2D eigenvalue weighted by Gasteiger charge is 2.13. The van der Waals surface area contributed by atoms with Gasteiger partial charge in [-0.3, -0.25) is 4.79 Å². The normalized spacial score (nSPS) is 10.1. The predicted octanol–water partition coefficient (Wildman–Crippen LogP) is 4.22. The van der Waals surface area contributed by atoms with E-state index in [2.05, 4.69) is 22.0 Å². The molecule has 0 aliphatic rings. The Labute approximate surface area is 130 Å².